The highest BCUT2D eigenvalue weighted by Crippen LogP contribution is 2.40. The molecule has 1 N–H and O–H groups in total. The van der Waals surface area contributed by atoms with Crippen molar-refractivity contribution in [2.24, 2.45) is 4.99 Å². The fraction of sp³-hybridized carbons (Fsp3) is 0.348. The Hall–Kier alpha value is -3.76. The van der Waals surface area contributed by atoms with Crippen LogP contribution in [-0.4, -0.2) is 62.3 Å². The monoisotopic (exact) mass is 479 g/mol. The molecule has 1 unspecified atom stereocenters. The van der Waals surface area contributed by atoms with E-state index in [0.29, 0.717) is 6.42 Å². The lowest BCUT2D eigenvalue weighted by atomic mass is 10.1. The zero-order valence-electron chi connectivity index (χ0n) is 19.0. The maximum absolute atomic E-state index is 14.2. The molecule has 3 rings (SSSR count). The summed E-state index contributed by atoms with van der Waals surface area (Å²) in [7, 11) is 3.95. The number of nitrogens with one attached hydrogen (secondary N) is 1. The van der Waals surface area contributed by atoms with Gasteiger partial charge in [-0.1, -0.05) is 30.3 Å². The largest absolute Gasteiger partial charge is 0.493 e. The number of aliphatic imine (C=N–C) groups is 1. The Morgan fingerprint density at radius 2 is 1.65 bits per heavy atom. The summed E-state index contributed by atoms with van der Waals surface area (Å²) < 4.78 is 58.1. The Morgan fingerprint density at radius 3 is 2.15 bits per heavy atom. The zero-order chi connectivity index (χ0) is 25.1. The molecular formula is C23H24F3N3O5. The van der Waals surface area contributed by atoms with Gasteiger partial charge in [-0.3, -0.25) is 14.5 Å². The molecule has 0 aromatic heterocycles. The van der Waals surface area contributed by atoms with Crippen molar-refractivity contribution >= 4 is 17.6 Å². The predicted molar refractivity (Wildman–Crippen MR) is 117 cm³/mol. The van der Waals surface area contributed by atoms with Gasteiger partial charge >= 0.3 is 11.8 Å². The number of amidine groups is 1. The first kappa shape index (κ1) is 24.9. The van der Waals surface area contributed by atoms with E-state index in [1.54, 1.807) is 29.6 Å². The van der Waals surface area contributed by atoms with Crippen LogP contribution in [0.3, 0.4) is 0 Å². The van der Waals surface area contributed by atoms with E-state index in [0.717, 1.165) is 10.5 Å². The van der Waals surface area contributed by atoms with Gasteiger partial charge in [0, 0.05) is 12.1 Å². The Balaban J connectivity index is 1.92. The van der Waals surface area contributed by atoms with E-state index in [4.69, 9.17) is 14.2 Å². The standard InChI is InChI=1S/C23H24F3N3O5/c1-14-27-22(23(24,25)26,21(31)29(14)11-10-15-8-6-5-7-9-15)28-20(30)16-12-17(32-2)19(34-4)18(13-16)33-3/h5-9,12-13H,10-11H2,1-4H3,(H,28,30). The van der Waals surface area contributed by atoms with Crippen LogP contribution < -0.4 is 19.5 Å². The molecule has 0 spiro atoms. The number of carbonyl (C=O) groups is 2. The summed E-state index contributed by atoms with van der Waals surface area (Å²) in [6, 6.07) is 11.4. The number of alkyl halides is 3. The normalized spacial score (nSPS) is 17.9. The van der Waals surface area contributed by atoms with Crippen LogP contribution >= 0.6 is 0 Å². The van der Waals surface area contributed by atoms with Gasteiger partial charge in [-0.25, -0.2) is 4.99 Å². The Morgan fingerprint density at radius 1 is 1.06 bits per heavy atom. The number of benzene rings is 2. The summed E-state index contributed by atoms with van der Waals surface area (Å²) in [6.07, 6.45) is -4.88. The molecule has 0 bridgehead atoms. The molecule has 8 nitrogen and oxygen atoms in total. The molecule has 1 aliphatic rings. The molecular weight excluding hydrogens is 455 g/mol. The summed E-state index contributed by atoms with van der Waals surface area (Å²) in [6.45, 7) is 1.26. The molecule has 2 aromatic carbocycles. The molecule has 0 aliphatic carbocycles. The van der Waals surface area contributed by atoms with Crippen LogP contribution in [0.15, 0.2) is 47.5 Å². The SMILES string of the molecule is COc1cc(C(=O)NC2(C(F)(F)F)N=C(C)N(CCc3ccccc3)C2=O)cc(OC)c1OC. The van der Waals surface area contributed by atoms with Crippen molar-refractivity contribution in [2.45, 2.75) is 25.2 Å². The highest BCUT2D eigenvalue weighted by Gasteiger charge is 2.66. The Labute approximate surface area is 194 Å². The molecule has 1 aliphatic heterocycles. The molecule has 0 radical (unpaired) electrons. The molecule has 1 heterocycles. The number of rotatable bonds is 8. The molecule has 11 heteroatoms. The van der Waals surface area contributed by atoms with Gasteiger partial charge in [0.15, 0.2) is 11.5 Å². The third kappa shape index (κ3) is 4.50. The highest BCUT2D eigenvalue weighted by molar-refractivity contribution is 6.10. The van der Waals surface area contributed by atoms with Crippen molar-refractivity contribution in [3.63, 3.8) is 0 Å². The number of nitrogens with zero attached hydrogens (tertiary/aromatic N) is 2. The minimum atomic E-state index is -5.19. The van der Waals surface area contributed by atoms with Crippen molar-refractivity contribution in [2.75, 3.05) is 27.9 Å². The highest BCUT2D eigenvalue weighted by atomic mass is 19.4. The number of ether oxygens (including phenoxy) is 3. The topological polar surface area (TPSA) is 89.5 Å². The van der Waals surface area contributed by atoms with Crippen LogP contribution in [0, 0.1) is 0 Å². The van der Waals surface area contributed by atoms with E-state index in [2.05, 4.69) is 4.99 Å². The Kier molecular flexibility index (Phi) is 7.04. The second-order valence-electron chi connectivity index (χ2n) is 7.43. The number of amides is 2. The smallest absolute Gasteiger partial charge is 0.442 e. The summed E-state index contributed by atoms with van der Waals surface area (Å²) in [5.74, 6) is -2.43. The molecule has 0 saturated heterocycles. The zero-order valence-corrected chi connectivity index (χ0v) is 19.0. The van der Waals surface area contributed by atoms with Gasteiger partial charge in [-0.05, 0) is 31.0 Å². The van der Waals surface area contributed by atoms with Crippen molar-refractivity contribution in [1.29, 1.82) is 0 Å². The molecule has 0 saturated carbocycles. The lowest BCUT2D eigenvalue weighted by molar-refractivity contribution is -0.196. The van der Waals surface area contributed by atoms with Crippen LogP contribution in [0.1, 0.15) is 22.8 Å². The van der Waals surface area contributed by atoms with Crippen LogP contribution in [0.5, 0.6) is 17.2 Å². The average Bonchev–Trinajstić information content (AvgIpc) is 3.06. The first-order chi connectivity index (χ1) is 16.1. The van der Waals surface area contributed by atoms with Gasteiger partial charge < -0.3 is 19.5 Å². The predicted octanol–water partition coefficient (Wildman–Crippen LogP) is 3.20. The van der Waals surface area contributed by atoms with Crippen molar-refractivity contribution in [1.82, 2.24) is 10.2 Å². The minimum absolute atomic E-state index is 0.0317. The lowest BCUT2D eigenvalue weighted by Crippen LogP contribution is -2.63. The fourth-order valence-electron chi connectivity index (χ4n) is 3.63. The van der Waals surface area contributed by atoms with E-state index in [-0.39, 0.29) is 35.2 Å². The van der Waals surface area contributed by atoms with E-state index in [1.165, 1.54) is 40.4 Å². The molecule has 34 heavy (non-hydrogen) atoms. The van der Waals surface area contributed by atoms with Crippen LogP contribution in [0.2, 0.25) is 0 Å². The van der Waals surface area contributed by atoms with Crippen molar-refractivity contribution in [3.8, 4) is 17.2 Å². The average molecular weight is 479 g/mol. The van der Waals surface area contributed by atoms with Crippen LogP contribution in [-0.2, 0) is 11.2 Å². The number of carbonyl (C=O) groups excluding carboxylic acids is 2. The summed E-state index contributed by atoms with van der Waals surface area (Å²) in [4.78, 5) is 30.5. The van der Waals surface area contributed by atoms with E-state index >= 15 is 0 Å². The van der Waals surface area contributed by atoms with E-state index < -0.39 is 23.7 Å². The van der Waals surface area contributed by atoms with Crippen molar-refractivity contribution in [3.05, 3.63) is 53.6 Å². The van der Waals surface area contributed by atoms with Gasteiger partial charge in [0.25, 0.3) is 11.8 Å². The summed E-state index contributed by atoms with van der Waals surface area (Å²) in [5, 5.41) is 1.80. The third-order valence-electron chi connectivity index (χ3n) is 5.37. The molecule has 182 valence electrons. The lowest BCUT2D eigenvalue weighted by Gasteiger charge is -2.29. The summed E-state index contributed by atoms with van der Waals surface area (Å²) in [5.41, 5.74) is -2.85. The Bertz CT molecular complexity index is 1080. The number of halogens is 3. The van der Waals surface area contributed by atoms with Crippen LogP contribution in [0.25, 0.3) is 0 Å². The quantitative estimate of drug-likeness (QED) is 0.628. The second kappa shape index (κ2) is 9.62. The van der Waals surface area contributed by atoms with Crippen molar-refractivity contribution < 1.29 is 37.0 Å². The fourth-order valence-corrected chi connectivity index (χ4v) is 3.63. The second-order valence-corrected chi connectivity index (χ2v) is 7.43. The maximum Gasteiger partial charge on any atom is 0.442 e. The van der Waals surface area contributed by atoms with E-state index in [9.17, 15) is 22.8 Å². The number of hydrogen-bond acceptors (Lipinski definition) is 6. The molecule has 1 atom stereocenters. The minimum Gasteiger partial charge on any atom is -0.493 e. The van der Waals surface area contributed by atoms with Gasteiger partial charge in [0.1, 0.15) is 5.84 Å². The summed E-state index contributed by atoms with van der Waals surface area (Å²) >= 11 is 0. The van der Waals surface area contributed by atoms with Gasteiger partial charge in [-0.15, -0.1) is 0 Å². The first-order valence-electron chi connectivity index (χ1n) is 10.2. The van der Waals surface area contributed by atoms with Crippen LogP contribution in [0.4, 0.5) is 13.2 Å². The number of hydrogen-bond donors (Lipinski definition) is 1. The molecule has 0 fully saturated rings. The first-order valence-corrected chi connectivity index (χ1v) is 10.2. The molecule has 2 aromatic rings. The number of methoxy groups -OCH3 is 3. The van der Waals surface area contributed by atoms with E-state index in [1.807, 2.05) is 6.07 Å². The van der Waals surface area contributed by atoms with Gasteiger partial charge in [0.05, 0.1) is 21.3 Å². The van der Waals surface area contributed by atoms with Gasteiger partial charge in [-0.2, -0.15) is 13.2 Å². The third-order valence-corrected chi connectivity index (χ3v) is 5.37. The van der Waals surface area contributed by atoms with Gasteiger partial charge in [0.2, 0.25) is 5.75 Å². The molecule has 2 amide bonds. The maximum atomic E-state index is 14.2.